The van der Waals surface area contributed by atoms with Gasteiger partial charge in [-0.3, -0.25) is 4.90 Å². The number of methoxy groups -OCH3 is 2. The molecule has 0 spiro atoms. The Labute approximate surface area is 130 Å². The van der Waals surface area contributed by atoms with Crippen molar-refractivity contribution in [1.29, 1.82) is 0 Å². The maximum atomic E-state index is 5.54. The molecule has 0 aliphatic carbocycles. The molecule has 1 fully saturated rings. The molecule has 2 aromatic rings. The van der Waals surface area contributed by atoms with E-state index in [1.54, 1.807) is 14.2 Å². The first kappa shape index (κ1) is 14.8. The summed E-state index contributed by atoms with van der Waals surface area (Å²) in [5.74, 6) is 3.00. The summed E-state index contributed by atoms with van der Waals surface area (Å²) in [7, 11) is 3.35. The largest absolute Gasteiger partial charge is 0.497 e. The van der Waals surface area contributed by atoms with Crippen molar-refractivity contribution in [3.05, 3.63) is 35.5 Å². The lowest BCUT2D eigenvalue weighted by atomic mass is 10.0. The highest BCUT2D eigenvalue weighted by molar-refractivity contribution is 5.42. The number of likely N-dealkylation sites (tertiary alicyclic amines) is 1. The van der Waals surface area contributed by atoms with Crippen LogP contribution in [0.3, 0.4) is 0 Å². The minimum absolute atomic E-state index is 0.299. The van der Waals surface area contributed by atoms with Gasteiger partial charge in [0.1, 0.15) is 11.5 Å². The van der Waals surface area contributed by atoms with Gasteiger partial charge in [0.25, 0.3) is 0 Å². The van der Waals surface area contributed by atoms with Gasteiger partial charge in [-0.15, -0.1) is 0 Å². The van der Waals surface area contributed by atoms with Crippen molar-refractivity contribution < 1.29 is 14.0 Å². The zero-order valence-electron chi connectivity index (χ0n) is 13.2. The first-order valence-corrected chi connectivity index (χ1v) is 7.46. The highest BCUT2D eigenvalue weighted by atomic mass is 16.5. The molecule has 2 heterocycles. The van der Waals surface area contributed by atoms with Crippen LogP contribution in [0.2, 0.25) is 0 Å². The average molecular weight is 303 g/mol. The van der Waals surface area contributed by atoms with Gasteiger partial charge in [-0.2, -0.15) is 4.98 Å². The number of nitrogens with zero attached hydrogens (tertiary/aromatic N) is 3. The molecule has 1 aliphatic heterocycles. The number of aryl methyl sites for hydroxylation is 1. The maximum absolute atomic E-state index is 5.54. The van der Waals surface area contributed by atoms with Gasteiger partial charge in [-0.25, -0.2) is 0 Å². The third-order valence-corrected chi connectivity index (χ3v) is 4.07. The smallest absolute Gasteiger partial charge is 0.240 e. The van der Waals surface area contributed by atoms with E-state index in [0.717, 1.165) is 30.9 Å². The molecule has 1 aromatic carbocycles. The maximum Gasteiger partial charge on any atom is 0.240 e. The van der Waals surface area contributed by atoms with Crippen LogP contribution in [0.1, 0.15) is 36.2 Å². The molecule has 1 aliphatic rings. The summed E-state index contributed by atoms with van der Waals surface area (Å²) >= 11 is 0. The molecule has 1 aromatic heterocycles. The van der Waals surface area contributed by atoms with Crippen molar-refractivity contribution in [3.8, 4) is 11.5 Å². The molecule has 1 saturated heterocycles. The molecule has 0 amide bonds. The van der Waals surface area contributed by atoms with Crippen LogP contribution in [-0.4, -0.2) is 35.8 Å². The molecule has 0 unspecified atom stereocenters. The van der Waals surface area contributed by atoms with Crippen LogP contribution in [0, 0.1) is 6.92 Å². The van der Waals surface area contributed by atoms with Gasteiger partial charge in [-0.05, 0) is 32.4 Å². The van der Waals surface area contributed by atoms with Crippen LogP contribution in [0.5, 0.6) is 11.5 Å². The molecule has 118 valence electrons. The molecule has 3 rings (SSSR count). The van der Waals surface area contributed by atoms with Gasteiger partial charge in [0.05, 0.1) is 20.8 Å². The van der Waals surface area contributed by atoms with Crippen LogP contribution in [0.15, 0.2) is 22.7 Å². The summed E-state index contributed by atoms with van der Waals surface area (Å²) in [6, 6.07) is 6.29. The monoisotopic (exact) mass is 303 g/mol. The Balaban J connectivity index is 1.83. The number of aromatic nitrogens is 2. The summed E-state index contributed by atoms with van der Waals surface area (Å²) in [5, 5.41) is 3.86. The lowest BCUT2D eigenvalue weighted by Crippen LogP contribution is -2.23. The normalized spacial score (nSPS) is 18.6. The quantitative estimate of drug-likeness (QED) is 0.846. The highest BCUT2D eigenvalue weighted by Crippen LogP contribution is 2.39. The summed E-state index contributed by atoms with van der Waals surface area (Å²) in [5.41, 5.74) is 1.18. The standard InChI is InChI=1S/C16H21N3O3/c1-11-17-16(22-18-11)10-19-8-4-5-14(19)13-7-6-12(20-2)9-15(13)21-3/h6-7,9,14H,4-5,8,10H2,1-3H3/t14-/m0/s1. The Morgan fingerprint density at radius 3 is 2.86 bits per heavy atom. The van der Waals surface area contributed by atoms with Gasteiger partial charge in [-0.1, -0.05) is 11.2 Å². The molecule has 6 nitrogen and oxygen atoms in total. The van der Waals surface area contributed by atoms with Crippen molar-refractivity contribution in [2.45, 2.75) is 32.4 Å². The van der Waals surface area contributed by atoms with E-state index in [9.17, 15) is 0 Å². The fourth-order valence-electron chi connectivity index (χ4n) is 3.04. The predicted molar refractivity (Wildman–Crippen MR) is 81.0 cm³/mol. The van der Waals surface area contributed by atoms with Gasteiger partial charge in [0, 0.05) is 17.7 Å². The van der Waals surface area contributed by atoms with Crippen molar-refractivity contribution in [2.24, 2.45) is 0 Å². The van der Waals surface area contributed by atoms with Crippen molar-refractivity contribution in [3.63, 3.8) is 0 Å². The predicted octanol–water partition coefficient (Wildman–Crippen LogP) is 2.73. The third kappa shape index (κ3) is 2.92. The zero-order chi connectivity index (χ0) is 15.5. The van der Waals surface area contributed by atoms with Crippen LogP contribution in [0.4, 0.5) is 0 Å². The fourth-order valence-corrected chi connectivity index (χ4v) is 3.04. The third-order valence-electron chi connectivity index (χ3n) is 4.07. The summed E-state index contributed by atoms with van der Waals surface area (Å²) in [6.45, 7) is 3.52. The van der Waals surface area contributed by atoms with Gasteiger partial charge < -0.3 is 14.0 Å². The molecular weight excluding hydrogens is 282 g/mol. The van der Waals surface area contributed by atoms with E-state index < -0.39 is 0 Å². The van der Waals surface area contributed by atoms with E-state index >= 15 is 0 Å². The Morgan fingerprint density at radius 2 is 2.18 bits per heavy atom. The van der Waals surface area contributed by atoms with Gasteiger partial charge >= 0.3 is 0 Å². The summed E-state index contributed by atoms with van der Waals surface area (Å²) in [4.78, 5) is 6.66. The first-order chi connectivity index (χ1) is 10.7. The molecule has 0 bridgehead atoms. The van der Waals surface area contributed by atoms with Crippen LogP contribution >= 0.6 is 0 Å². The fraction of sp³-hybridized carbons (Fsp3) is 0.500. The van der Waals surface area contributed by atoms with Crippen LogP contribution in [0.25, 0.3) is 0 Å². The Bertz CT molecular complexity index is 641. The van der Waals surface area contributed by atoms with Gasteiger partial charge in [0.2, 0.25) is 5.89 Å². The topological polar surface area (TPSA) is 60.6 Å². The van der Waals surface area contributed by atoms with E-state index in [2.05, 4.69) is 21.1 Å². The SMILES string of the molecule is COc1ccc([C@@H]2CCCN2Cc2nc(C)no2)c(OC)c1. The van der Waals surface area contributed by atoms with E-state index in [4.69, 9.17) is 14.0 Å². The minimum atomic E-state index is 0.299. The molecular formula is C16H21N3O3. The average Bonchev–Trinajstić information content (AvgIpc) is 3.16. The number of benzene rings is 1. The van der Waals surface area contributed by atoms with Crippen molar-refractivity contribution in [2.75, 3.05) is 20.8 Å². The van der Waals surface area contributed by atoms with E-state index in [1.165, 1.54) is 5.56 Å². The van der Waals surface area contributed by atoms with Gasteiger partial charge in [0.15, 0.2) is 5.82 Å². The van der Waals surface area contributed by atoms with E-state index in [0.29, 0.717) is 24.3 Å². The van der Waals surface area contributed by atoms with Crippen LogP contribution in [-0.2, 0) is 6.54 Å². The highest BCUT2D eigenvalue weighted by Gasteiger charge is 2.29. The molecule has 22 heavy (non-hydrogen) atoms. The summed E-state index contributed by atoms with van der Waals surface area (Å²) in [6.07, 6.45) is 2.24. The second-order valence-corrected chi connectivity index (χ2v) is 5.47. The minimum Gasteiger partial charge on any atom is -0.497 e. The lowest BCUT2D eigenvalue weighted by molar-refractivity contribution is 0.209. The summed E-state index contributed by atoms with van der Waals surface area (Å²) < 4.78 is 16.1. The number of rotatable bonds is 5. The number of ether oxygens (including phenoxy) is 2. The van der Waals surface area contributed by atoms with Crippen LogP contribution < -0.4 is 9.47 Å². The Hall–Kier alpha value is -2.08. The molecule has 0 N–H and O–H groups in total. The first-order valence-electron chi connectivity index (χ1n) is 7.46. The number of hydrogen-bond acceptors (Lipinski definition) is 6. The Morgan fingerprint density at radius 1 is 1.32 bits per heavy atom. The van der Waals surface area contributed by atoms with Crippen molar-refractivity contribution in [1.82, 2.24) is 15.0 Å². The van der Waals surface area contributed by atoms with E-state index in [-0.39, 0.29) is 0 Å². The molecule has 6 heteroatoms. The molecule has 0 saturated carbocycles. The second-order valence-electron chi connectivity index (χ2n) is 5.47. The second kappa shape index (κ2) is 6.36. The Kier molecular flexibility index (Phi) is 4.29. The molecule has 1 atom stereocenters. The zero-order valence-corrected chi connectivity index (χ0v) is 13.2. The lowest BCUT2D eigenvalue weighted by Gasteiger charge is -2.25. The van der Waals surface area contributed by atoms with E-state index in [1.807, 2.05) is 19.1 Å². The van der Waals surface area contributed by atoms with Crippen molar-refractivity contribution >= 4 is 0 Å². The molecule has 0 radical (unpaired) electrons. The number of hydrogen-bond donors (Lipinski definition) is 0.